The molecule has 3 heteroatoms. The summed E-state index contributed by atoms with van der Waals surface area (Å²) in [6.07, 6.45) is 0. The summed E-state index contributed by atoms with van der Waals surface area (Å²) in [5.74, 6) is -0.447. The van der Waals surface area contributed by atoms with E-state index in [9.17, 15) is 4.39 Å². The number of alkyl halides is 1. The van der Waals surface area contributed by atoms with Crippen molar-refractivity contribution in [2.45, 2.75) is 12.3 Å². The number of benzene rings is 3. The lowest BCUT2D eigenvalue weighted by atomic mass is 9.94. The van der Waals surface area contributed by atoms with Gasteiger partial charge in [-0.25, -0.2) is 4.39 Å². The van der Waals surface area contributed by atoms with Gasteiger partial charge in [0.05, 0.1) is 10.4 Å². The molecule has 106 valence electrons. The van der Waals surface area contributed by atoms with Crippen molar-refractivity contribution in [2.24, 2.45) is 0 Å². The molecule has 1 unspecified atom stereocenters. The van der Waals surface area contributed by atoms with Gasteiger partial charge in [-0.3, -0.25) is 0 Å². The predicted octanol–water partition coefficient (Wildman–Crippen LogP) is 6.27. The van der Waals surface area contributed by atoms with Gasteiger partial charge in [-0.2, -0.15) is 0 Å². The van der Waals surface area contributed by atoms with Crippen LogP contribution in [0.25, 0.3) is 10.8 Å². The van der Waals surface area contributed by atoms with Gasteiger partial charge in [0.25, 0.3) is 0 Å². The molecule has 0 saturated carbocycles. The van der Waals surface area contributed by atoms with Crippen LogP contribution in [0.4, 0.5) is 4.39 Å². The van der Waals surface area contributed by atoms with E-state index in [1.165, 1.54) is 6.07 Å². The van der Waals surface area contributed by atoms with Crippen LogP contribution in [-0.4, -0.2) is 0 Å². The van der Waals surface area contributed by atoms with Gasteiger partial charge in [0.15, 0.2) is 0 Å². The number of aryl methyl sites for hydroxylation is 1. The fraction of sp³-hybridized carbons (Fsp3) is 0.111. The van der Waals surface area contributed by atoms with Crippen molar-refractivity contribution in [3.05, 3.63) is 82.1 Å². The minimum absolute atomic E-state index is 0.0878. The summed E-state index contributed by atoms with van der Waals surface area (Å²) < 4.78 is 13.7. The molecule has 0 radical (unpaired) electrons. The van der Waals surface area contributed by atoms with E-state index >= 15 is 0 Å². The SMILES string of the molecule is Cc1ccc2ccccc2c1C(Cl)c1cccc(F)c1Cl. The van der Waals surface area contributed by atoms with Crippen molar-refractivity contribution < 1.29 is 4.39 Å². The molecule has 0 aliphatic heterocycles. The molecule has 21 heavy (non-hydrogen) atoms. The van der Waals surface area contributed by atoms with Crippen LogP contribution >= 0.6 is 23.2 Å². The molecular formula is C18H13Cl2F. The topological polar surface area (TPSA) is 0 Å². The van der Waals surface area contributed by atoms with Gasteiger partial charge < -0.3 is 0 Å². The van der Waals surface area contributed by atoms with Gasteiger partial charge in [-0.15, -0.1) is 11.6 Å². The molecule has 0 aromatic heterocycles. The third-order valence-corrected chi connectivity index (χ3v) is 4.55. The second kappa shape index (κ2) is 5.67. The van der Waals surface area contributed by atoms with Crippen molar-refractivity contribution in [3.8, 4) is 0 Å². The Bertz CT molecular complexity index is 811. The van der Waals surface area contributed by atoms with Gasteiger partial charge in [-0.05, 0) is 40.5 Å². The average Bonchev–Trinajstić information content (AvgIpc) is 2.49. The fourth-order valence-corrected chi connectivity index (χ4v) is 3.38. The maximum atomic E-state index is 13.7. The standard InChI is InChI=1S/C18H13Cl2F/c1-11-9-10-12-5-2-3-6-13(12)16(11)18(20)14-7-4-8-15(21)17(14)19/h2-10,18H,1H3. The van der Waals surface area contributed by atoms with Gasteiger partial charge in [0.2, 0.25) is 0 Å². The normalized spacial score (nSPS) is 12.6. The maximum Gasteiger partial charge on any atom is 0.142 e. The van der Waals surface area contributed by atoms with E-state index in [0.29, 0.717) is 5.56 Å². The molecule has 0 amide bonds. The second-order valence-corrected chi connectivity index (χ2v) is 5.84. The number of rotatable bonds is 2. The van der Waals surface area contributed by atoms with Crippen molar-refractivity contribution in [1.29, 1.82) is 0 Å². The minimum Gasteiger partial charge on any atom is -0.205 e. The molecule has 0 aliphatic carbocycles. The van der Waals surface area contributed by atoms with Gasteiger partial charge >= 0.3 is 0 Å². The molecule has 0 N–H and O–H groups in total. The Morgan fingerprint density at radius 2 is 1.71 bits per heavy atom. The Kier molecular flexibility index (Phi) is 3.88. The average molecular weight is 319 g/mol. The van der Waals surface area contributed by atoms with Gasteiger partial charge in [0.1, 0.15) is 5.82 Å². The highest BCUT2D eigenvalue weighted by molar-refractivity contribution is 6.33. The third kappa shape index (κ3) is 2.52. The lowest BCUT2D eigenvalue weighted by Gasteiger charge is -2.17. The maximum absolute atomic E-state index is 13.7. The first kappa shape index (κ1) is 14.4. The predicted molar refractivity (Wildman–Crippen MR) is 87.8 cm³/mol. The summed E-state index contributed by atoms with van der Waals surface area (Å²) in [6, 6.07) is 16.9. The highest BCUT2D eigenvalue weighted by Crippen LogP contribution is 2.39. The number of fused-ring (bicyclic) bond motifs is 1. The number of halogens is 3. The zero-order chi connectivity index (χ0) is 15.0. The van der Waals surface area contributed by atoms with Gasteiger partial charge in [-0.1, -0.05) is 60.1 Å². The summed E-state index contributed by atoms with van der Waals surface area (Å²) in [5, 5.41) is 1.78. The second-order valence-electron chi connectivity index (χ2n) is 5.02. The molecular weight excluding hydrogens is 306 g/mol. The van der Waals surface area contributed by atoms with Gasteiger partial charge in [0, 0.05) is 0 Å². The fourth-order valence-electron chi connectivity index (χ4n) is 2.61. The Hall–Kier alpha value is -1.57. The summed E-state index contributed by atoms with van der Waals surface area (Å²) in [6.45, 7) is 2.00. The largest absolute Gasteiger partial charge is 0.205 e. The van der Waals surface area contributed by atoms with E-state index in [2.05, 4.69) is 6.07 Å². The molecule has 0 fully saturated rings. The third-order valence-electron chi connectivity index (χ3n) is 3.70. The smallest absolute Gasteiger partial charge is 0.142 e. The zero-order valence-corrected chi connectivity index (χ0v) is 12.9. The van der Waals surface area contributed by atoms with Crippen LogP contribution in [0.1, 0.15) is 22.1 Å². The number of hydrogen-bond acceptors (Lipinski definition) is 0. The molecule has 0 aliphatic rings. The molecule has 1 atom stereocenters. The Morgan fingerprint density at radius 3 is 2.52 bits per heavy atom. The molecule has 0 heterocycles. The van der Waals surface area contributed by atoms with Crippen LogP contribution in [-0.2, 0) is 0 Å². The molecule has 3 rings (SSSR count). The van der Waals surface area contributed by atoms with Crippen LogP contribution < -0.4 is 0 Å². The number of hydrogen-bond donors (Lipinski definition) is 0. The van der Waals surface area contributed by atoms with E-state index in [0.717, 1.165) is 21.9 Å². The van der Waals surface area contributed by atoms with E-state index in [-0.39, 0.29) is 5.02 Å². The van der Waals surface area contributed by atoms with E-state index < -0.39 is 11.2 Å². The van der Waals surface area contributed by atoms with Crippen molar-refractivity contribution in [1.82, 2.24) is 0 Å². The molecule has 0 spiro atoms. The first-order valence-electron chi connectivity index (χ1n) is 6.66. The molecule has 0 bridgehead atoms. The Labute approximate surface area is 133 Å². The highest BCUT2D eigenvalue weighted by Gasteiger charge is 2.20. The first-order valence-corrected chi connectivity index (χ1v) is 7.47. The van der Waals surface area contributed by atoms with Crippen molar-refractivity contribution in [3.63, 3.8) is 0 Å². The summed E-state index contributed by atoms with van der Waals surface area (Å²) in [7, 11) is 0. The Balaban J connectivity index is 2.24. The molecule has 0 saturated heterocycles. The molecule has 0 nitrogen and oxygen atoms in total. The molecule has 3 aromatic rings. The molecule has 3 aromatic carbocycles. The Morgan fingerprint density at radius 1 is 0.952 bits per heavy atom. The van der Waals surface area contributed by atoms with Crippen molar-refractivity contribution >= 4 is 34.0 Å². The lowest BCUT2D eigenvalue weighted by molar-refractivity contribution is 0.626. The monoisotopic (exact) mass is 318 g/mol. The van der Waals surface area contributed by atoms with E-state index in [1.807, 2.05) is 37.3 Å². The minimum atomic E-state index is -0.487. The first-order chi connectivity index (χ1) is 10.1. The van der Waals surface area contributed by atoms with Crippen LogP contribution in [0.15, 0.2) is 54.6 Å². The van der Waals surface area contributed by atoms with Crippen molar-refractivity contribution in [2.75, 3.05) is 0 Å². The summed E-state index contributed by atoms with van der Waals surface area (Å²) in [5.41, 5.74) is 2.63. The van der Waals surface area contributed by atoms with Crippen LogP contribution in [0, 0.1) is 12.7 Å². The van der Waals surface area contributed by atoms with E-state index in [4.69, 9.17) is 23.2 Å². The van der Waals surface area contributed by atoms with Crippen LogP contribution in [0.3, 0.4) is 0 Å². The van der Waals surface area contributed by atoms with Crippen LogP contribution in [0.5, 0.6) is 0 Å². The van der Waals surface area contributed by atoms with E-state index in [1.54, 1.807) is 12.1 Å². The van der Waals surface area contributed by atoms with Crippen LogP contribution in [0.2, 0.25) is 5.02 Å². The highest BCUT2D eigenvalue weighted by atomic mass is 35.5. The lowest BCUT2D eigenvalue weighted by Crippen LogP contribution is -2.00. The summed E-state index contributed by atoms with van der Waals surface area (Å²) in [4.78, 5) is 0. The summed E-state index contributed by atoms with van der Waals surface area (Å²) >= 11 is 12.7. The zero-order valence-electron chi connectivity index (χ0n) is 11.4. The quantitative estimate of drug-likeness (QED) is 0.488.